The number of hydrogen-bond donors (Lipinski definition) is 2. The highest BCUT2D eigenvalue weighted by Crippen LogP contribution is 2.41. The highest BCUT2D eigenvalue weighted by molar-refractivity contribution is 7.84. The van der Waals surface area contributed by atoms with Gasteiger partial charge in [0.2, 0.25) is 0 Å². The molecule has 2 saturated heterocycles. The number of amides is 2. The second-order valence-corrected chi connectivity index (χ2v) is 6.80. The smallest absolute Gasteiger partial charge is 0.317 e. The van der Waals surface area contributed by atoms with E-state index in [9.17, 15) is 13.8 Å². The van der Waals surface area contributed by atoms with Gasteiger partial charge in [0.1, 0.15) is 0 Å². The van der Waals surface area contributed by atoms with E-state index in [0.717, 1.165) is 12.8 Å². The lowest BCUT2D eigenvalue weighted by molar-refractivity contribution is -0.142. The molecule has 7 heteroatoms. The second-order valence-electron chi connectivity index (χ2n) is 5.25. The van der Waals surface area contributed by atoms with Crippen LogP contribution in [-0.4, -0.2) is 56.9 Å². The molecule has 2 heterocycles. The molecule has 19 heavy (non-hydrogen) atoms. The van der Waals surface area contributed by atoms with Crippen LogP contribution in [0.25, 0.3) is 0 Å². The van der Waals surface area contributed by atoms with Gasteiger partial charge in [-0.3, -0.25) is 9.00 Å². The fourth-order valence-corrected chi connectivity index (χ4v) is 3.68. The molecule has 4 unspecified atom stereocenters. The van der Waals surface area contributed by atoms with E-state index in [1.165, 1.54) is 0 Å². The van der Waals surface area contributed by atoms with Gasteiger partial charge in [-0.05, 0) is 25.7 Å². The standard InChI is InChI=1S/C12H20N2O4S/c1-19(18)6-2-5-13-12(17)14-8-3-4-10(14)9(7-8)11(15)16/h8-10H,2-7H2,1H3,(H,13,17)(H,15,16). The summed E-state index contributed by atoms with van der Waals surface area (Å²) >= 11 is 0. The summed E-state index contributed by atoms with van der Waals surface area (Å²) in [4.78, 5) is 24.9. The SMILES string of the molecule is CS(=O)CCCNC(=O)N1C2CCC1C(C(=O)O)C2. The van der Waals surface area contributed by atoms with E-state index < -0.39 is 22.7 Å². The molecule has 2 rings (SSSR count). The number of urea groups is 1. The van der Waals surface area contributed by atoms with Gasteiger partial charge in [0.05, 0.1) is 5.92 Å². The Morgan fingerprint density at radius 2 is 2.16 bits per heavy atom. The largest absolute Gasteiger partial charge is 0.481 e. The molecule has 0 aromatic heterocycles. The van der Waals surface area contributed by atoms with E-state index in [0.29, 0.717) is 25.1 Å². The van der Waals surface area contributed by atoms with Crippen LogP contribution < -0.4 is 5.32 Å². The van der Waals surface area contributed by atoms with Crippen molar-refractivity contribution in [2.24, 2.45) is 5.92 Å². The van der Waals surface area contributed by atoms with Crippen LogP contribution in [0.4, 0.5) is 4.79 Å². The van der Waals surface area contributed by atoms with Gasteiger partial charge in [-0.2, -0.15) is 0 Å². The number of rotatable bonds is 5. The molecule has 2 amide bonds. The minimum Gasteiger partial charge on any atom is -0.481 e. The molecule has 2 aliphatic heterocycles. The van der Waals surface area contributed by atoms with Gasteiger partial charge in [-0.1, -0.05) is 0 Å². The molecule has 2 fully saturated rings. The van der Waals surface area contributed by atoms with Crippen molar-refractivity contribution < 1.29 is 18.9 Å². The van der Waals surface area contributed by atoms with Crippen molar-refractivity contribution in [1.82, 2.24) is 10.2 Å². The Labute approximate surface area is 115 Å². The van der Waals surface area contributed by atoms with Gasteiger partial charge < -0.3 is 15.3 Å². The van der Waals surface area contributed by atoms with Crippen molar-refractivity contribution in [2.75, 3.05) is 18.6 Å². The number of carboxylic acid groups (broad SMARTS) is 1. The maximum absolute atomic E-state index is 12.1. The summed E-state index contributed by atoms with van der Waals surface area (Å²) in [7, 11) is -0.838. The van der Waals surface area contributed by atoms with Gasteiger partial charge >= 0.3 is 12.0 Å². The first-order valence-corrected chi connectivity index (χ1v) is 8.32. The van der Waals surface area contributed by atoms with Gasteiger partial charge in [-0.15, -0.1) is 0 Å². The predicted molar refractivity (Wildman–Crippen MR) is 71.3 cm³/mol. The quantitative estimate of drug-likeness (QED) is 0.717. The van der Waals surface area contributed by atoms with Gasteiger partial charge in [-0.25, -0.2) is 4.79 Å². The Morgan fingerprint density at radius 1 is 1.42 bits per heavy atom. The number of fused-ring (bicyclic) bond motifs is 2. The Bertz CT molecular complexity index is 401. The van der Waals surface area contributed by atoms with Crippen LogP contribution in [0.3, 0.4) is 0 Å². The van der Waals surface area contributed by atoms with Crippen molar-refractivity contribution in [3.63, 3.8) is 0 Å². The summed E-state index contributed by atoms with van der Waals surface area (Å²) in [6.07, 6.45) is 4.58. The summed E-state index contributed by atoms with van der Waals surface area (Å²) in [5.74, 6) is -0.635. The topological polar surface area (TPSA) is 86.7 Å². The van der Waals surface area contributed by atoms with Gasteiger partial charge in [0.25, 0.3) is 0 Å². The molecule has 2 bridgehead atoms. The van der Waals surface area contributed by atoms with Gasteiger partial charge in [0.15, 0.2) is 0 Å². The molecule has 108 valence electrons. The number of nitrogens with one attached hydrogen (secondary N) is 1. The predicted octanol–water partition coefficient (Wildman–Crippen LogP) is 0.402. The lowest BCUT2D eigenvalue weighted by atomic mass is 9.89. The van der Waals surface area contributed by atoms with Crippen LogP contribution >= 0.6 is 0 Å². The van der Waals surface area contributed by atoms with Crippen LogP contribution in [0.5, 0.6) is 0 Å². The monoisotopic (exact) mass is 288 g/mol. The normalized spacial score (nSPS) is 30.4. The Hall–Kier alpha value is -1.11. The molecular weight excluding hydrogens is 268 g/mol. The lowest BCUT2D eigenvalue weighted by Gasteiger charge is -2.23. The van der Waals surface area contributed by atoms with E-state index in [-0.39, 0.29) is 18.1 Å². The molecular formula is C12H20N2O4S. The summed E-state index contributed by atoms with van der Waals surface area (Å²) in [5.41, 5.74) is 0. The molecule has 6 nitrogen and oxygen atoms in total. The molecule has 0 radical (unpaired) electrons. The van der Waals surface area contributed by atoms with Crippen molar-refractivity contribution in [2.45, 2.75) is 37.8 Å². The third-order valence-electron chi connectivity index (χ3n) is 3.97. The molecule has 4 atom stereocenters. The zero-order chi connectivity index (χ0) is 14.0. The maximum Gasteiger partial charge on any atom is 0.317 e. The molecule has 0 aromatic carbocycles. The zero-order valence-electron chi connectivity index (χ0n) is 11.0. The Kier molecular flexibility index (Phi) is 4.44. The number of carbonyl (C=O) groups excluding carboxylic acids is 1. The number of nitrogens with zero attached hydrogens (tertiary/aromatic N) is 1. The van der Waals surface area contributed by atoms with E-state index in [4.69, 9.17) is 5.11 Å². The number of carboxylic acids is 1. The van der Waals surface area contributed by atoms with Crippen LogP contribution in [-0.2, 0) is 15.6 Å². The molecule has 2 N–H and O–H groups in total. The third kappa shape index (κ3) is 3.08. The van der Waals surface area contributed by atoms with E-state index in [2.05, 4.69) is 5.32 Å². The van der Waals surface area contributed by atoms with Crippen LogP contribution in [0, 0.1) is 5.92 Å². The van der Waals surface area contributed by atoms with Crippen LogP contribution in [0.1, 0.15) is 25.7 Å². The highest BCUT2D eigenvalue weighted by Gasteiger charge is 2.51. The van der Waals surface area contributed by atoms with Crippen molar-refractivity contribution in [3.05, 3.63) is 0 Å². The second kappa shape index (κ2) is 5.90. The highest BCUT2D eigenvalue weighted by atomic mass is 32.2. The summed E-state index contributed by atoms with van der Waals surface area (Å²) in [6.45, 7) is 0.492. The first kappa shape index (κ1) is 14.3. The number of aliphatic carboxylic acids is 1. The number of hydrogen-bond acceptors (Lipinski definition) is 3. The Morgan fingerprint density at radius 3 is 2.74 bits per heavy atom. The van der Waals surface area contributed by atoms with Gasteiger partial charge in [0, 0.05) is 41.4 Å². The Balaban J connectivity index is 1.83. The first-order chi connectivity index (χ1) is 9.00. The maximum atomic E-state index is 12.1. The molecule has 2 aliphatic rings. The molecule has 0 spiro atoms. The summed E-state index contributed by atoms with van der Waals surface area (Å²) < 4.78 is 10.9. The fourth-order valence-electron chi connectivity index (χ4n) is 3.13. The van der Waals surface area contributed by atoms with Crippen LogP contribution in [0.15, 0.2) is 0 Å². The number of carbonyl (C=O) groups is 2. The minimum absolute atomic E-state index is 0.0754. The minimum atomic E-state index is -0.838. The lowest BCUT2D eigenvalue weighted by Crippen LogP contribution is -2.44. The van der Waals surface area contributed by atoms with Crippen molar-refractivity contribution in [1.29, 1.82) is 0 Å². The van der Waals surface area contributed by atoms with Crippen molar-refractivity contribution in [3.8, 4) is 0 Å². The molecule has 0 aromatic rings. The summed E-state index contributed by atoms with van der Waals surface area (Å²) in [5, 5.41) is 11.9. The third-order valence-corrected chi connectivity index (χ3v) is 4.84. The van der Waals surface area contributed by atoms with E-state index >= 15 is 0 Å². The zero-order valence-corrected chi connectivity index (χ0v) is 11.8. The van der Waals surface area contributed by atoms with E-state index in [1.807, 2.05) is 0 Å². The average Bonchev–Trinajstić information content (AvgIpc) is 2.91. The fraction of sp³-hybridized carbons (Fsp3) is 0.833. The van der Waals surface area contributed by atoms with Crippen molar-refractivity contribution >= 4 is 22.8 Å². The summed E-state index contributed by atoms with van der Waals surface area (Å²) in [6, 6.07) is -0.243. The van der Waals surface area contributed by atoms with E-state index in [1.54, 1.807) is 11.2 Å². The molecule has 0 saturated carbocycles. The average molecular weight is 288 g/mol. The van der Waals surface area contributed by atoms with Crippen LogP contribution in [0.2, 0.25) is 0 Å². The first-order valence-electron chi connectivity index (χ1n) is 6.59. The molecule has 0 aliphatic carbocycles.